The van der Waals surface area contributed by atoms with Gasteiger partial charge in [-0.05, 0) is 81.2 Å². The number of benzene rings is 2. The molecule has 49 heavy (non-hydrogen) atoms. The number of hydrogen-bond donors (Lipinski definition) is 1. The molecule has 3 aliphatic rings. The second-order valence-corrected chi connectivity index (χ2v) is 15.1. The van der Waals surface area contributed by atoms with Gasteiger partial charge in [-0.15, -0.1) is 0 Å². The smallest absolute Gasteiger partial charge is 0.263 e. The van der Waals surface area contributed by atoms with Crippen molar-refractivity contribution >= 4 is 28.5 Å². The number of amides is 2. The number of nitrogens with zero attached hydrogens (tertiary/aromatic N) is 3. The molecule has 0 aromatic heterocycles. The van der Waals surface area contributed by atoms with E-state index in [4.69, 9.17) is 9.47 Å². The molecule has 0 spiro atoms. The third-order valence-electron chi connectivity index (χ3n) is 9.90. The van der Waals surface area contributed by atoms with E-state index in [1.54, 1.807) is 12.1 Å². The van der Waals surface area contributed by atoms with Crippen molar-refractivity contribution < 1.29 is 23.3 Å². The highest BCUT2D eigenvalue weighted by molar-refractivity contribution is 7.84. The monoisotopic (exact) mass is 694 g/mol. The Bertz CT molecular complexity index is 1450. The van der Waals surface area contributed by atoms with Crippen molar-refractivity contribution in [3.8, 4) is 5.75 Å². The zero-order chi connectivity index (χ0) is 35.5. The summed E-state index contributed by atoms with van der Waals surface area (Å²) in [5, 5.41) is -0.279. The summed E-state index contributed by atoms with van der Waals surface area (Å²) < 4.78 is 27.8. The summed E-state index contributed by atoms with van der Waals surface area (Å²) in [6.45, 7) is 14.9. The number of ether oxygens (including phenoxy) is 2. The van der Waals surface area contributed by atoms with E-state index in [0.717, 1.165) is 50.2 Å². The minimum absolute atomic E-state index is 0.0323. The van der Waals surface area contributed by atoms with Crippen molar-refractivity contribution in [1.82, 2.24) is 14.5 Å². The summed E-state index contributed by atoms with van der Waals surface area (Å²) in [5.74, 6) is 0.848. The minimum atomic E-state index is -1.58. The Morgan fingerprint density at radius 2 is 1.80 bits per heavy atom. The molecule has 2 fully saturated rings. The highest BCUT2D eigenvalue weighted by Gasteiger charge is 2.32. The Balaban J connectivity index is 0.00000265. The number of carbonyl (C=O) groups is 2. The first-order valence-electron chi connectivity index (χ1n) is 18.1. The molecule has 0 saturated carbocycles. The molecule has 1 aliphatic carbocycles. The van der Waals surface area contributed by atoms with Crippen LogP contribution in [0, 0.1) is 12.8 Å². The molecular formula is C39H58N4O5S. The van der Waals surface area contributed by atoms with Crippen molar-refractivity contribution in [2.24, 2.45) is 5.92 Å². The number of hydrogen-bond acceptors (Lipinski definition) is 7. The Kier molecular flexibility index (Phi) is 14.7. The number of anilines is 1. The zero-order valence-corrected chi connectivity index (χ0v) is 31.5. The van der Waals surface area contributed by atoms with Crippen LogP contribution >= 0.6 is 0 Å². The quantitative estimate of drug-likeness (QED) is 0.262. The third-order valence-corrected chi connectivity index (χ3v) is 11.4. The average molecular weight is 695 g/mol. The van der Waals surface area contributed by atoms with E-state index >= 15 is 0 Å². The van der Waals surface area contributed by atoms with E-state index in [1.165, 1.54) is 16.7 Å². The second kappa shape index (κ2) is 18.7. The fourth-order valence-corrected chi connectivity index (χ4v) is 7.57. The van der Waals surface area contributed by atoms with Crippen LogP contribution in [-0.2, 0) is 26.9 Å². The van der Waals surface area contributed by atoms with Crippen molar-refractivity contribution in [3.63, 3.8) is 0 Å². The molecule has 2 saturated heterocycles. The number of allylic oxidation sites excluding steroid dienone is 1. The number of morpholine rings is 1. The van der Waals surface area contributed by atoms with Crippen LogP contribution in [0.5, 0.6) is 5.75 Å². The number of aryl methyl sites for hydroxylation is 2. The lowest BCUT2D eigenvalue weighted by molar-refractivity contribution is -0.140. The van der Waals surface area contributed by atoms with Gasteiger partial charge < -0.3 is 19.3 Å². The van der Waals surface area contributed by atoms with E-state index in [1.807, 2.05) is 69.8 Å². The van der Waals surface area contributed by atoms with Crippen LogP contribution in [0.3, 0.4) is 0 Å². The molecule has 270 valence electrons. The lowest BCUT2D eigenvalue weighted by Gasteiger charge is -2.39. The predicted molar refractivity (Wildman–Crippen MR) is 200 cm³/mol. The van der Waals surface area contributed by atoms with Crippen molar-refractivity contribution in [2.45, 2.75) is 83.9 Å². The third kappa shape index (κ3) is 10.2. The maximum absolute atomic E-state index is 13.3. The second-order valence-electron chi connectivity index (χ2n) is 13.5. The maximum Gasteiger partial charge on any atom is 0.263 e. The van der Waals surface area contributed by atoms with Gasteiger partial charge in [-0.3, -0.25) is 19.2 Å². The zero-order valence-electron chi connectivity index (χ0n) is 30.7. The molecule has 2 aliphatic heterocycles. The van der Waals surface area contributed by atoms with Gasteiger partial charge in [-0.2, -0.15) is 0 Å². The van der Waals surface area contributed by atoms with E-state index in [2.05, 4.69) is 34.7 Å². The van der Waals surface area contributed by atoms with Gasteiger partial charge in [0.2, 0.25) is 5.91 Å². The first-order chi connectivity index (χ1) is 23.6. The van der Waals surface area contributed by atoms with Crippen LogP contribution in [0.4, 0.5) is 5.69 Å². The number of rotatable bonds is 13. The van der Waals surface area contributed by atoms with Crippen LogP contribution in [0.25, 0.3) is 0 Å². The molecule has 10 heteroatoms. The number of fused-ring (bicyclic) bond motifs is 1. The summed E-state index contributed by atoms with van der Waals surface area (Å²) in [7, 11) is 2.28. The Morgan fingerprint density at radius 1 is 1.06 bits per heavy atom. The van der Waals surface area contributed by atoms with Crippen LogP contribution < -0.4 is 14.4 Å². The number of likely N-dealkylation sites (tertiary alicyclic amines) is 1. The van der Waals surface area contributed by atoms with Gasteiger partial charge in [-0.1, -0.05) is 56.7 Å². The summed E-state index contributed by atoms with van der Waals surface area (Å²) in [4.78, 5) is 32.5. The topological polar surface area (TPSA) is 91.4 Å². The molecule has 0 radical (unpaired) electrons. The van der Waals surface area contributed by atoms with Crippen LogP contribution in [0.2, 0.25) is 0 Å². The minimum Gasteiger partial charge on any atom is -0.491 e. The fourth-order valence-electron chi connectivity index (χ4n) is 6.56. The lowest BCUT2D eigenvalue weighted by Crippen LogP contribution is -2.54. The molecule has 2 aromatic rings. The summed E-state index contributed by atoms with van der Waals surface area (Å²) >= 11 is 0. The first-order valence-corrected chi connectivity index (χ1v) is 19.4. The molecular weight excluding hydrogens is 637 g/mol. The molecule has 2 heterocycles. The van der Waals surface area contributed by atoms with E-state index in [0.29, 0.717) is 50.8 Å². The van der Waals surface area contributed by atoms with Crippen molar-refractivity contribution in [2.75, 3.05) is 65.0 Å². The van der Waals surface area contributed by atoms with Gasteiger partial charge in [0.15, 0.2) is 0 Å². The normalized spacial score (nSPS) is 20.1. The largest absolute Gasteiger partial charge is 0.491 e. The molecule has 9 nitrogen and oxygen atoms in total. The first kappa shape index (κ1) is 38.6. The van der Waals surface area contributed by atoms with Gasteiger partial charge in [0.05, 0.1) is 30.8 Å². The average Bonchev–Trinajstić information content (AvgIpc) is 3.09. The Morgan fingerprint density at radius 3 is 2.47 bits per heavy atom. The number of carbonyl (C=O) groups excluding carboxylic acids is 2. The van der Waals surface area contributed by atoms with E-state index < -0.39 is 11.0 Å². The summed E-state index contributed by atoms with van der Waals surface area (Å²) in [6, 6.07) is 11.8. The fraction of sp³-hybridized carbons (Fsp3) is 0.590. The Labute approximate surface area is 297 Å². The van der Waals surface area contributed by atoms with Crippen molar-refractivity contribution in [3.05, 3.63) is 70.8 Å². The van der Waals surface area contributed by atoms with E-state index in [9.17, 15) is 13.8 Å². The Hall–Kier alpha value is -3.21. The van der Waals surface area contributed by atoms with Crippen LogP contribution in [0.1, 0.15) is 86.3 Å². The van der Waals surface area contributed by atoms with Gasteiger partial charge in [0, 0.05) is 51.8 Å². The van der Waals surface area contributed by atoms with Gasteiger partial charge in [0.1, 0.15) is 22.8 Å². The molecule has 0 bridgehead atoms. The van der Waals surface area contributed by atoms with Crippen LogP contribution in [-0.4, -0.2) is 97.2 Å². The molecule has 5 atom stereocenters. The van der Waals surface area contributed by atoms with Crippen LogP contribution in [0.15, 0.2) is 48.6 Å². The van der Waals surface area contributed by atoms with Gasteiger partial charge >= 0.3 is 0 Å². The number of nitrogens with one attached hydrogen (secondary N) is 1. The predicted octanol–water partition coefficient (Wildman–Crippen LogP) is 5.88. The SMILES string of the molecule is CC.Cc1ccc2c(c1)CCCC2COc1ccc(C(=O)NS(=O)C(C)C(C)C/C=C/C(C(=O)N2CCOCC2)N2CCC2)cc1N(C)C. The molecule has 1 N–H and O–H groups in total. The summed E-state index contributed by atoms with van der Waals surface area (Å²) in [5.41, 5.74) is 5.33. The van der Waals surface area contributed by atoms with Crippen molar-refractivity contribution in [1.29, 1.82) is 0 Å². The molecule has 5 rings (SSSR count). The lowest BCUT2D eigenvalue weighted by atomic mass is 9.82. The molecule has 2 amide bonds. The highest BCUT2D eigenvalue weighted by Crippen LogP contribution is 2.35. The highest BCUT2D eigenvalue weighted by atomic mass is 32.2. The van der Waals surface area contributed by atoms with Gasteiger partial charge in [0.25, 0.3) is 5.91 Å². The molecule has 2 aromatic carbocycles. The van der Waals surface area contributed by atoms with E-state index in [-0.39, 0.29) is 29.0 Å². The standard InChI is InChI=1S/C37H52N4O5S.C2H6/c1-26-13-15-32-29(23-26)10-7-11-31(32)25-46-35-16-14-30(24-34(35)39(4)5)36(42)38-47(44)28(3)27(2)9-6-12-33(40-17-8-18-40)37(43)41-19-21-45-22-20-41;1-2/h6,12-16,23-24,27-28,31,33H,7-11,17-22,25H2,1-5H3,(H,38,42);1-2H3/b12-6+;. The molecule has 5 unspecified atom stereocenters. The van der Waals surface area contributed by atoms with Gasteiger partial charge in [-0.25, -0.2) is 4.21 Å². The summed E-state index contributed by atoms with van der Waals surface area (Å²) in [6.07, 6.45) is 9.17. The maximum atomic E-state index is 13.3.